The van der Waals surface area contributed by atoms with Gasteiger partial charge in [-0.05, 0) is 87.8 Å². The van der Waals surface area contributed by atoms with Gasteiger partial charge in [0.15, 0.2) is 0 Å². The molecular formula is C37H47N5O9S. The fraction of sp³-hybridized carbons (Fsp3) is 0.595. The number of nitrogens with one attached hydrogen (secondary N) is 3. The van der Waals surface area contributed by atoms with E-state index in [0.29, 0.717) is 43.6 Å². The lowest BCUT2D eigenvalue weighted by molar-refractivity contribution is -0.142. The summed E-state index contributed by atoms with van der Waals surface area (Å²) in [5.41, 5.74) is -0.441. The molecule has 1 aromatic carbocycles. The number of pyridine rings is 1. The van der Waals surface area contributed by atoms with Gasteiger partial charge in [0, 0.05) is 29.3 Å². The number of hydrogen-bond donors (Lipinski definition) is 4. The van der Waals surface area contributed by atoms with Gasteiger partial charge in [0.25, 0.3) is 5.91 Å². The number of amides is 4. The van der Waals surface area contributed by atoms with Gasteiger partial charge in [-0.25, -0.2) is 18.2 Å². The first-order chi connectivity index (χ1) is 24.7. The van der Waals surface area contributed by atoms with Gasteiger partial charge in [-0.15, -0.1) is 0 Å². The third-order valence-electron chi connectivity index (χ3n) is 11.6. The lowest BCUT2D eigenvalue weighted by Crippen LogP contribution is -2.59. The van der Waals surface area contributed by atoms with Crippen LogP contribution in [0.2, 0.25) is 0 Å². The van der Waals surface area contributed by atoms with E-state index in [1.807, 2.05) is 44.2 Å². The van der Waals surface area contributed by atoms with Gasteiger partial charge >= 0.3 is 6.09 Å². The summed E-state index contributed by atoms with van der Waals surface area (Å²) in [6.45, 7) is 5.99. The highest BCUT2D eigenvalue weighted by atomic mass is 32.2. The lowest BCUT2D eigenvalue weighted by Gasteiger charge is -2.32. The first kappa shape index (κ1) is 36.0. The highest BCUT2D eigenvalue weighted by molar-refractivity contribution is 7.91. The van der Waals surface area contributed by atoms with Crippen LogP contribution in [0.4, 0.5) is 4.79 Å². The van der Waals surface area contributed by atoms with E-state index in [-0.39, 0.29) is 25.3 Å². The van der Waals surface area contributed by atoms with E-state index in [2.05, 4.69) is 20.3 Å². The molecular weight excluding hydrogens is 691 g/mol. The third kappa shape index (κ3) is 6.79. The Bertz CT molecular complexity index is 1930. The number of sulfonamides is 1. The molecule has 4 amide bonds. The second-order valence-electron chi connectivity index (χ2n) is 15.6. The van der Waals surface area contributed by atoms with Gasteiger partial charge in [-0.2, -0.15) is 0 Å². The van der Waals surface area contributed by atoms with Crippen molar-refractivity contribution < 1.29 is 42.2 Å². The molecule has 2 aromatic rings. The number of carbonyl (C=O) groups is 4. The molecule has 280 valence electrons. The largest absolute Gasteiger partial charge is 0.493 e. The van der Waals surface area contributed by atoms with Crippen molar-refractivity contribution in [2.45, 2.75) is 107 Å². The number of nitrogens with zero attached hydrogens (tertiary/aromatic N) is 2. The van der Waals surface area contributed by atoms with Crippen LogP contribution in [0.5, 0.6) is 11.6 Å². The molecule has 0 unspecified atom stereocenters. The van der Waals surface area contributed by atoms with E-state index in [0.717, 1.165) is 36.0 Å². The van der Waals surface area contributed by atoms with Crippen molar-refractivity contribution >= 4 is 44.6 Å². The molecule has 4 N–H and O–H groups in total. The molecule has 7 atom stereocenters. The topological polar surface area (TPSA) is 193 Å². The Balaban J connectivity index is 1.21. The molecule has 2 saturated carbocycles. The zero-order chi connectivity index (χ0) is 37.0. The van der Waals surface area contributed by atoms with Crippen LogP contribution in [0.1, 0.15) is 77.7 Å². The molecule has 0 bridgehead atoms. The van der Waals surface area contributed by atoms with Crippen LogP contribution in [0.15, 0.2) is 36.5 Å². The van der Waals surface area contributed by atoms with Gasteiger partial charge < -0.3 is 30.1 Å². The molecule has 0 spiro atoms. The monoisotopic (exact) mass is 737 g/mol. The molecule has 2 aliphatic carbocycles. The van der Waals surface area contributed by atoms with Crippen LogP contribution >= 0.6 is 0 Å². The Kier molecular flexibility index (Phi) is 9.37. The van der Waals surface area contributed by atoms with Crippen LogP contribution in [-0.2, 0) is 30.8 Å². The van der Waals surface area contributed by atoms with Gasteiger partial charge in [-0.3, -0.25) is 19.1 Å². The number of fused-ring (bicyclic) bond motifs is 5. The summed E-state index contributed by atoms with van der Waals surface area (Å²) >= 11 is 0. The predicted molar refractivity (Wildman–Crippen MR) is 190 cm³/mol. The molecule has 0 radical (unpaired) electrons. The summed E-state index contributed by atoms with van der Waals surface area (Å²) < 4.78 is 39.9. The van der Waals surface area contributed by atoms with Crippen molar-refractivity contribution in [3.63, 3.8) is 0 Å². The lowest BCUT2D eigenvalue weighted by atomic mass is 9.88. The molecule has 3 aliphatic heterocycles. The van der Waals surface area contributed by atoms with E-state index in [1.54, 1.807) is 13.1 Å². The maximum Gasteiger partial charge on any atom is 0.405 e. The number of aryl methyl sites for hydroxylation is 1. The summed E-state index contributed by atoms with van der Waals surface area (Å²) in [7, 11) is -4.00. The molecule has 5 aliphatic rings. The summed E-state index contributed by atoms with van der Waals surface area (Å²) in [6, 6.07) is 3.47. The average molecular weight is 738 g/mol. The van der Waals surface area contributed by atoms with Crippen molar-refractivity contribution in [3.8, 4) is 11.6 Å². The molecule has 1 saturated heterocycles. The second kappa shape index (κ2) is 13.5. The molecule has 15 heteroatoms. The van der Waals surface area contributed by atoms with Crippen LogP contribution in [0.3, 0.4) is 0 Å². The van der Waals surface area contributed by atoms with E-state index >= 15 is 0 Å². The summed E-state index contributed by atoms with van der Waals surface area (Å²) in [4.78, 5) is 60.4. The van der Waals surface area contributed by atoms with Gasteiger partial charge in [-0.1, -0.05) is 32.1 Å². The Morgan fingerprint density at radius 3 is 2.67 bits per heavy atom. The Morgan fingerprint density at radius 1 is 1.13 bits per heavy atom. The van der Waals surface area contributed by atoms with Crippen molar-refractivity contribution in [2.24, 2.45) is 17.8 Å². The first-order valence-corrected chi connectivity index (χ1v) is 19.7. The molecule has 52 heavy (non-hydrogen) atoms. The molecule has 14 nitrogen and oxygen atoms in total. The minimum absolute atomic E-state index is 0.0240. The predicted octanol–water partition coefficient (Wildman–Crippen LogP) is 3.43. The highest BCUT2D eigenvalue weighted by Crippen LogP contribution is 2.48. The zero-order valence-electron chi connectivity index (χ0n) is 29.7. The van der Waals surface area contributed by atoms with Gasteiger partial charge in [0.05, 0.1) is 17.9 Å². The number of allylic oxidation sites excluding steroid dienone is 1. The standard InChI is InChI=1S/C37H47N5O9S/c1-21-7-4-5-9-24-19-37(24,34(45)41-52(48,49)36(3)13-14-36)40-31(43)28-18-25(20-42(28)33(44)29(22(2)17-21)39-35(46)47)51-32-27-11-10-23-8-6-16-50-30(23)26(27)12-15-38-32/h5,9-12,15,21-22,24-25,28-29,39H,4,6-8,13-14,16-20H2,1-3H3,(H,40,43)(H,41,45)(H,46,47)/b9-5-/t21-,22+,24+,25+,28-,29-,37+/m0/s1. The van der Waals surface area contributed by atoms with Crippen LogP contribution < -0.4 is 24.8 Å². The van der Waals surface area contributed by atoms with Crippen molar-refractivity contribution in [3.05, 3.63) is 42.1 Å². The number of benzene rings is 1. The van der Waals surface area contributed by atoms with Crippen molar-refractivity contribution in [1.82, 2.24) is 25.2 Å². The molecule has 7 rings (SSSR count). The number of rotatable bonds is 6. The van der Waals surface area contributed by atoms with E-state index in [1.165, 1.54) is 4.90 Å². The van der Waals surface area contributed by atoms with Crippen LogP contribution in [0.25, 0.3) is 10.8 Å². The summed E-state index contributed by atoms with van der Waals surface area (Å²) in [5.74, 6) is -1.68. The number of aromatic nitrogens is 1. The van der Waals surface area contributed by atoms with Crippen molar-refractivity contribution in [2.75, 3.05) is 13.2 Å². The van der Waals surface area contributed by atoms with E-state index in [4.69, 9.17) is 9.47 Å². The number of ether oxygens (including phenoxy) is 2. The third-order valence-corrected chi connectivity index (χ3v) is 13.7. The maximum atomic E-state index is 14.4. The minimum Gasteiger partial charge on any atom is -0.493 e. The molecule has 4 heterocycles. The van der Waals surface area contributed by atoms with E-state index in [9.17, 15) is 32.7 Å². The number of carboxylic acid groups (broad SMARTS) is 1. The highest BCUT2D eigenvalue weighted by Gasteiger charge is 2.63. The fourth-order valence-electron chi connectivity index (χ4n) is 8.03. The van der Waals surface area contributed by atoms with E-state index < -0.39 is 74.1 Å². The second-order valence-corrected chi connectivity index (χ2v) is 17.8. The smallest absolute Gasteiger partial charge is 0.405 e. The zero-order valence-corrected chi connectivity index (χ0v) is 30.5. The van der Waals surface area contributed by atoms with Gasteiger partial charge in [0.2, 0.25) is 27.7 Å². The normalized spacial score (nSPS) is 32.0. The fourth-order valence-corrected chi connectivity index (χ4v) is 9.34. The summed E-state index contributed by atoms with van der Waals surface area (Å²) in [6.07, 6.45) is 8.18. The Morgan fingerprint density at radius 2 is 1.92 bits per heavy atom. The average Bonchev–Trinajstić information content (AvgIpc) is 3.98. The molecule has 1 aromatic heterocycles. The SMILES string of the molecule is C[C@H]1CC/C=C\[C@@H]2C[C@@]2(C(=O)NS(=O)(=O)C2(C)CC2)NC(=O)[C@@H]2C[C@@H](Oc3nccc4c5c(ccc34)CCCO5)CN2C(=O)[C@@H](NC(=O)O)[C@H](C)C1. The van der Waals surface area contributed by atoms with Crippen molar-refractivity contribution in [1.29, 1.82) is 0 Å². The first-order valence-electron chi connectivity index (χ1n) is 18.3. The van der Waals surface area contributed by atoms with Gasteiger partial charge in [0.1, 0.15) is 29.5 Å². The molecule has 3 fully saturated rings. The maximum absolute atomic E-state index is 14.4. The van der Waals surface area contributed by atoms with Crippen LogP contribution in [-0.4, -0.2) is 88.8 Å². The Labute approximate surface area is 303 Å². The number of hydrogen-bond acceptors (Lipinski definition) is 9. The quantitative estimate of drug-likeness (QED) is 0.319. The van der Waals surface area contributed by atoms with Crippen LogP contribution in [0, 0.1) is 17.8 Å². The Hall–Kier alpha value is -4.40. The summed E-state index contributed by atoms with van der Waals surface area (Å²) in [5, 5.41) is 16.6. The minimum atomic E-state index is -4.00. The number of carbonyl (C=O) groups excluding carboxylic acids is 3.